The summed E-state index contributed by atoms with van der Waals surface area (Å²) in [5.41, 5.74) is 3.99. The van der Waals surface area contributed by atoms with Crippen LogP contribution in [0.25, 0.3) is 11.4 Å². The van der Waals surface area contributed by atoms with E-state index in [-0.39, 0.29) is 17.7 Å². The summed E-state index contributed by atoms with van der Waals surface area (Å²) in [6.07, 6.45) is 1.74. The van der Waals surface area contributed by atoms with Crippen LogP contribution >= 0.6 is 11.8 Å². The summed E-state index contributed by atoms with van der Waals surface area (Å²) in [5.74, 6) is 0.976. The molecule has 7 heteroatoms. The highest BCUT2D eigenvalue weighted by atomic mass is 32.2. The molecule has 1 N–H and O–H groups in total. The summed E-state index contributed by atoms with van der Waals surface area (Å²) in [6, 6.07) is 23.4. The molecule has 0 aliphatic rings. The monoisotopic (exact) mass is 443 g/mol. The van der Waals surface area contributed by atoms with Crippen LogP contribution in [0.2, 0.25) is 0 Å². The molecule has 2 aromatic heterocycles. The second-order valence-electron chi connectivity index (χ2n) is 7.32. The minimum Gasteiger partial charge on any atom is -0.343 e. The van der Waals surface area contributed by atoms with Crippen molar-refractivity contribution in [3.63, 3.8) is 0 Å². The Morgan fingerprint density at radius 3 is 2.47 bits per heavy atom. The zero-order valence-corrected chi connectivity index (χ0v) is 18.9. The smallest absolute Gasteiger partial charge is 0.231 e. The van der Waals surface area contributed by atoms with Gasteiger partial charge in [0, 0.05) is 18.3 Å². The number of pyridine rings is 1. The van der Waals surface area contributed by atoms with Crippen molar-refractivity contribution in [1.29, 1.82) is 0 Å². The predicted octanol–water partition coefficient (Wildman–Crippen LogP) is 4.67. The van der Waals surface area contributed by atoms with Crippen molar-refractivity contribution in [1.82, 2.24) is 25.1 Å². The molecule has 6 nitrogen and oxygen atoms in total. The van der Waals surface area contributed by atoms with E-state index in [4.69, 9.17) is 0 Å². The average Bonchev–Trinajstić information content (AvgIpc) is 3.25. The molecule has 0 aliphatic heterocycles. The Balaban J connectivity index is 1.49. The van der Waals surface area contributed by atoms with Gasteiger partial charge in [-0.05, 0) is 37.1 Å². The van der Waals surface area contributed by atoms with Gasteiger partial charge in [-0.2, -0.15) is 0 Å². The van der Waals surface area contributed by atoms with Crippen LogP contribution in [-0.4, -0.2) is 31.4 Å². The topological polar surface area (TPSA) is 72.7 Å². The average molecular weight is 444 g/mol. The van der Waals surface area contributed by atoms with Crippen LogP contribution in [0.3, 0.4) is 0 Å². The van der Waals surface area contributed by atoms with Crippen LogP contribution in [0.15, 0.2) is 84.1 Å². The number of hydrogen-bond donors (Lipinski definition) is 1. The van der Waals surface area contributed by atoms with Crippen molar-refractivity contribution in [2.24, 2.45) is 0 Å². The summed E-state index contributed by atoms with van der Waals surface area (Å²) < 4.78 is 2.05. The molecule has 1 amide bonds. The van der Waals surface area contributed by atoms with E-state index < -0.39 is 0 Å². The third kappa shape index (κ3) is 4.89. The Bertz CT molecular complexity index is 1140. The first kappa shape index (κ1) is 21.8. The van der Waals surface area contributed by atoms with Crippen LogP contribution in [0, 0.1) is 6.92 Å². The fourth-order valence-electron chi connectivity index (χ4n) is 3.56. The van der Waals surface area contributed by atoms with Gasteiger partial charge in [-0.25, -0.2) is 0 Å². The molecule has 0 saturated heterocycles. The largest absolute Gasteiger partial charge is 0.343 e. The molecule has 1 unspecified atom stereocenters. The number of amides is 1. The summed E-state index contributed by atoms with van der Waals surface area (Å²) in [4.78, 5) is 17.3. The molecule has 0 bridgehead atoms. The second-order valence-corrected chi connectivity index (χ2v) is 8.26. The quantitative estimate of drug-likeness (QED) is 0.401. The molecule has 1 atom stereocenters. The number of rotatable bonds is 8. The van der Waals surface area contributed by atoms with Gasteiger partial charge in [-0.3, -0.25) is 9.78 Å². The number of thioether (sulfide) groups is 1. The molecule has 4 rings (SSSR count). The second kappa shape index (κ2) is 10.2. The highest BCUT2D eigenvalue weighted by Crippen LogP contribution is 2.26. The Morgan fingerprint density at radius 1 is 1.00 bits per heavy atom. The van der Waals surface area contributed by atoms with Crippen LogP contribution in [0.4, 0.5) is 0 Å². The first-order valence-corrected chi connectivity index (χ1v) is 11.5. The molecule has 0 saturated carbocycles. The molecule has 2 heterocycles. The molecule has 0 fully saturated rings. The van der Waals surface area contributed by atoms with Crippen molar-refractivity contribution >= 4 is 17.7 Å². The maximum Gasteiger partial charge on any atom is 0.231 e. The lowest BCUT2D eigenvalue weighted by molar-refractivity contribution is -0.119. The van der Waals surface area contributed by atoms with E-state index in [2.05, 4.69) is 40.4 Å². The molecular formula is C25H25N5OS. The number of nitrogens with one attached hydrogen (secondary N) is 1. The molecular weight excluding hydrogens is 418 g/mol. The molecule has 162 valence electrons. The maximum absolute atomic E-state index is 12.9. The molecule has 0 radical (unpaired) electrons. The van der Waals surface area contributed by atoms with E-state index >= 15 is 0 Å². The van der Waals surface area contributed by atoms with E-state index in [0.29, 0.717) is 0 Å². The minimum absolute atomic E-state index is 0.0856. The van der Waals surface area contributed by atoms with Crippen LogP contribution in [0.5, 0.6) is 0 Å². The van der Waals surface area contributed by atoms with E-state index in [0.717, 1.165) is 39.9 Å². The fraction of sp³-hybridized carbons (Fsp3) is 0.200. The molecule has 4 aromatic rings. The number of aryl methyl sites for hydroxylation is 1. The molecule has 32 heavy (non-hydrogen) atoms. The SMILES string of the molecule is CCn1c(SCC(=O)NC(c2ccccc2)c2ccccn2)nnc1-c1ccccc1C. The zero-order valence-electron chi connectivity index (χ0n) is 18.1. The number of nitrogens with zero attached hydrogens (tertiary/aromatic N) is 4. The van der Waals surface area contributed by atoms with Crippen LogP contribution in [-0.2, 0) is 11.3 Å². The van der Waals surface area contributed by atoms with Crippen molar-refractivity contribution in [2.75, 3.05) is 5.75 Å². The summed E-state index contributed by atoms with van der Waals surface area (Å²) in [7, 11) is 0. The van der Waals surface area contributed by atoms with E-state index in [1.807, 2.05) is 71.3 Å². The fourth-order valence-corrected chi connectivity index (χ4v) is 4.37. The van der Waals surface area contributed by atoms with Gasteiger partial charge >= 0.3 is 0 Å². The first-order valence-electron chi connectivity index (χ1n) is 10.5. The van der Waals surface area contributed by atoms with Crippen molar-refractivity contribution in [3.05, 3.63) is 95.8 Å². The lowest BCUT2D eigenvalue weighted by Gasteiger charge is -2.18. The van der Waals surface area contributed by atoms with E-state index in [1.165, 1.54) is 11.8 Å². The van der Waals surface area contributed by atoms with Gasteiger partial charge < -0.3 is 9.88 Å². The highest BCUT2D eigenvalue weighted by molar-refractivity contribution is 7.99. The van der Waals surface area contributed by atoms with Gasteiger partial charge in [0.1, 0.15) is 0 Å². The zero-order chi connectivity index (χ0) is 22.3. The Hall–Kier alpha value is -3.45. The Labute approximate surface area is 192 Å². The molecule has 0 spiro atoms. The number of carbonyl (C=O) groups is 1. The highest BCUT2D eigenvalue weighted by Gasteiger charge is 2.20. The van der Waals surface area contributed by atoms with Gasteiger partial charge in [0.05, 0.1) is 17.5 Å². The van der Waals surface area contributed by atoms with Gasteiger partial charge in [-0.1, -0.05) is 72.4 Å². The summed E-state index contributed by atoms with van der Waals surface area (Å²) >= 11 is 1.39. The number of aromatic nitrogens is 4. The van der Waals surface area contributed by atoms with Gasteiger partial charge in [-0.15, -0.1) is 10.2 Å². The first-order chi connectivity index (χ1) is 15.7. The van der Waals surface area contributed by atoms with Gasteiger partial charge in [0.2, 0.25) is 5.91 Å². The summed E-state index contributed by atoms with van der Waals surface area (Å²) in [5, 5.41) is 12.6. The third-order valence-electron chi connectivity index (χ3n) is 5.17. The number of hydrogen-bond acceptors (Lipinski definition) is 5. The minimum atomic E-state index is -0.308. The van der Waals surface area contributed by atoms with Crippen molar-refractivity contribution < 1.29 is 4.79 Å². The molecule has 2 aromatic carbocycles. The summed E-state index contributed by atoms with van der Waals surface area (Å²) in [6.45, 7) is 4.84. The third-order valence-corrected chi connectivity index (χ3v) is 6.14. The van der Waals surface area contributed by atoms with Gasteiger partial charge in [0.15, 0.2) is 11.0 Å². The van der Waals surface area contributed by atoms with Crippen LogP contribution in [0.1, 0.15) is 29.8 Å². The van der Waals surface area contributed by atoms with E-state index in [9.17, 15) is 4.79 Å². The van der Waals surface area contributed by atoms with Crippen LogP contribution < -0.4 is 5.32 Å². The standard InChI is InChI=1S/C25H25N5OS/c1-3-30-24(20-14-8-7-11-18(20)2)28-29-25(30)32-17-22(31)27-23(19-12-5-4-6-13-19)21-15-9-10-16-26-21/h4-16,23H,3,17H2,1-2H3,(H,27,31). The molecule has 0 aliphatic carbocycles. The normalized spacial score (nSPS) is 11.8. The maximum atomic E-state index is 12.9. The lowest BCUT2D eigenvalue weighted by atomic mass is 10.0. The van der Waals surface area contributed by atoms with Crippen molar-refractivity contribution in [3.8, 4) is 11.4 Å². The number of carbonyl (C=O) groups excluding carboxylic acids is 1. The number of benzene rings is 2. The lowest BCUT2D eigenvalue weighted by Crippen LogP contribution is -2.31. The van der Waals surface area contributed by atoms with Crippen molar-refractivity contribution in [2.45, 2.75) is 31.6 Å². The van der Waals surface area contributed by atoms with E-state index in [1.54, 1.807) is 6.20 Å². The Kier molecular flexibility index (Phi) is 6.97. The Morgan fingerprint density at radius 2 is 1.75 bits per heavy atom. The van der Waals surface area contributed by atoms with Gasteiger partial charge in [0.25, 0.3) is 0 Å². The predicted molar refractivity (Wildman–Crippen MR) is 127 cm³/mol.